The van der Waals surface area contributed by atoms with Crippen molar-refractivity contribution >= 4 is 0 Å². The molecule has 0 unspecified atom stereocenters. The summed E-state index contributed by atoms with van der Waals surface area (Å²) in [5.41, 5.74) is 3.56. The average Bonchev–Trinajstić information content (AvgIpc) is 1.80. The summed E-state index contributed by atoms with van der Waals surface area (Å²) in [5.74, 6) is 0. The molecule has 0 saturated carbocycles. The molecular weight excluding hydrogens is 186 g/mol. The summed E-state index contributed by atoms with van der Waals surface area (Å²) in [5, 5.41) is 0. The normalized spacial score (nSPS) is 7.91. The maximum atomic E-state index is 3.21. The van der Waals surface area contributed by atoms with Crippen LogP contribution in [0.25, 0.3) is 0 Å². The maximum absolute atomic E-state index is 3.21. The first kappa shape index (κ1) is 15.9. The molecule has 0 bridgehead atoms. The number of aryl methyl sites for hydroxylation is 3. The molecule has 1 aromatic rings. The van der Waals surface area contributed by atoms with Crippen LogP contribution in [0.2, 0.25) is 0 Å². The van der Waals surface area contributed by atoms with E-state index in [-0.39, 0.29) is 103 Å². The Hall–Kier alpha value is 2.49. The van der Waals surface area contributed by atoms with E-state index in [2.05, 4.69) is 19.1 Å². The van der Waals surface area contributed by atoms with Gasteiger partial charge in [0.25, 0.3) is 0 Å². The predicted molar refractivity (Wildman–Crippen MR) is 38.3 cm³/mol. The van der Waals surface area contributed by atoms with Gasteiger partial charge >= 0.3 is 103 Å². The molecule has 0 amide bonds. The smallest absolute Gasteiger partial charge is 0.316 e. The number of hydrogen-bond donors (Lipinski definition) is 0. The zero-order chi connectivity index (χ0) is 6.85. The van der Waals surface area contributed by atoms with Gasteiger partial charge in [-0.05, 0) is 0 Å². The van der Waals surface area contributed by atoms with E-state index in [1.54, 1.807) is 0 Å². The van der Waals surface area contributed by atoms with Gasteiger partial charge in [0.05, 0.1) is 0 Å². The minimum Gasteiger partial charge on any atom is -0.316 e. The van der Waals surface area contributed by atoms with Crippen molar-refractivity contribution in [3.05, 3.63) is 34.9 Å². The van der Waals surface area contributed by atoms with Crippen molar-refractivity contribution in [3.63, 3.8) is 0 Å². The van der Waals surface area contributed by atoms with Crippen molar-refractivity contribution in [2.45, 2.75) is 20.8 Å². The molecule has 0 saturated heterocycles. The van der Waals surface area contributed by atoms with Crippen molar-refractivity contribution in [1.29, 1.82) is 0 Å². The van der Waals surface area contributed by atoms with Crippen molar-refractivity contribution < 1.29 is 103 Å². The van der Waals surface area contributed by atoms with Crippen molar-refractivity contribution in [1.82, 2.24) is 0 Å². The van der Waals surface area contributed by atoms with Gasteiger partial charge in [-0.1, -0.05) is 0 Å². The van der Waals surface area contributed by atoms with Crippen LogP contribution in [0.1, 0.15) is 16.7 Å². The Morgan fingerprint density at radius 3 is 1.91 bits per heavy atom. The van der Waals surface area contributed by atoms with Crippen LogP contribution in [0.3, 0.4) is 0 Å². The SMILES string of the molecule is Cc1[c-]c(C)c(C)[c-]c1.[K+].[K+]. The van der Waals surface area contributed by atoms with E-state index in [4.69, 9.17) is 0 Å². The van der Waals surface area contributed by atoms with E-state index < -0.39 is 0 Å². The predicted octanol–water partition coefficient (Wildman–Crippen LogP) is -3.78. The molecule has 0 aromatic heterocycles. The quantitative estimate of drug-likeness (QED) is 0.295. The fraction of sp³-hybridized carbons (Fsp3) is 0.333. The van der Waals surface area contributed by atoms with Gasteiger partial charge in [0.15, 0.2) is 0 Å². The summed E-state index contributed by atoms with van der Waals surface area (Å²) in [6.07, 6.45) is 0. The number of hydrogen-bond acceptors (Lipinski definition) is 0. The van der Waals surface area contributed by atoms with Crippen LogP contribution in [0.5, 0.6) is 0 Å². The van der Waals surface area contributed by atoms with Gasteiger partial charge in [0.2, 0.25) is 0 Å². The Labute approximate surface area is 154 Å². The first-order chi connectivity index (χ1) is 4.20. The third kappa shape index (κ3) is 5.73. The molecule has 0 atom stereocenters. The fourth-order valence-electron chi connectivity index (χ4n) is 0.750. The topological polar surface area (TPSA) is 0 Å². The Bertz CT molecular complexity index is 219. The number of rotatable bonds is 0. The van der Waals surface area contributed by atoms with Gasteiger partial charge in [-0.25, -0.2) is 0 Å². The molecule has 0 N–H and O–H groups in total. The Morgan fingerprint density at radius 2 is 1.55 bits per heavy atom. The van der Waals surface area contributed by atoms with Gasteiger partial charge in [-0.15, -0.1) is 20.8 Å². The molecule has 48 valence electrons. The van der Waals surface area contributed by atoms with Gasteiger partial charge < -0.3 is 12.1 Å². The van der Waals surface area contributed by atoms with Gasteiger partial charge in [0, 0.05) is 0 Å². The Kier molecular flexibility index (Phi) is 11.4. The monoisotopic (exact) mass is 196 g/mol. The molecule has 0 aliphatic rings. The van der Waals surface area contributed by atoms with Crippen LogP contribution in [0.4, 0.5) is 0 Å². The summed E-state index contributed by atoms with van der Waals surface area (Å²) in [6.45, 7) is 6.13. The van der Waals surface area contributed by atoms with E-state index >= 15 is 0 Å². The van der Waals surface area contributed by atoms with Crippen molar-refractivity contribution in [3.8, 4) is 0 Å². The van der Waals surface area contributed by atoms with E-state index in [0.29, 0.717) is 0 Å². The summed E-state index contributed by atoms with van der Waals surface area (Å²) in [7, 11) is 0. The molecule has 0 nitrogen and oxygen atoms in total. The molecule has 1 aromatic carbocycles. The van der Waals surface area contributed by atoms with Gasteiger partial charge in [-0.3, -0.25) is 22.8 Å². The summed E-state index contributed by atoms with van der Waals surface area (Å²) in [4.78, 5) is 0. The molecule has 11 heavy (non-hydrogen) atoms. The minimum absolute atomic E-state index is 0. The largest absolute Gasteiger partial charge is 1.00 e. The Morgan fingerprint density at radius 1 is 1.00 bits per heavy atom. The first-order valence-electron chi connectivity index (χ1n) is 3.08. The number of benzene rings is 1. The van der Waals surface area contributed by atoms with Crippen LogP contribution >= 0.6 is 0 Å². The molecular formula is C9H10K2. The van der Waals surface area contributed by atoms with Crippen LogP contribution in [0.15, 0.2) is 6.07 Å². The molecule has 0 heterocycles. The van der Waals surface area contributed by atoms with E-state index in [0.717, 1.165) is 5.56 Å². The zero-order valence-corrected chi connectivity index (χ0v) is 14.3. The second kappa shape index (κ2) is 7.86. The van der Waals surface area contributed by atoms with Crippen LogP contribution in [-0.4, -0.2) is 0 Å². The van der Waals surface area contributed by atoms with Crippen molar-refractivity contribution in [2.75, 3.05) is 0 Å². The second-order valence-electron chi connectivity index (χ2n) is 2.35. The standard InChI is InChI=1S/C9H10.2K/c1-7-4-5-8(2)9(3)6-7;;/h4H,1-3H3;;/q-2;2*+1. The van der Waals surface area contributed by atoms with Gasteiger partial charge in [0.1, 0.15) is 0 Å². The first-order valence-corrected chi connectivity index (χ1v) is 3.08. The van der Waals surface area contributed by atoms with E-state index in [1.165, 1.54) is 11.1 Å². The molecule has 0 radical (unpaired) electrons. The van der Waals surface area contributed by atoms with Gasteiger partial charge in [-0.2, -0.15) is 0 Å². The maximum Gasteiger partial charge on any atom is 1.00 e. The molecule has 2 heteroatoms. The average molecular weight is 196 g/mol. The Balaban J connectivity index is 0. The van der Waals surface area contributed by atoms with Crippen LogP contribution in [0, 0.1) is 32.9 Å². The second-order valence-corrected chi connectivity index (χ2v) is 2.35. The fourth-order valence-corrected chi connectivity index (χ4v) is 0.750. The third-order valence-corrected chi connectivity index (χ3v) is 1.45. The van der Waals surface area contributed by atoms with Crippen LogP contribution in [-0.2, 0) is 0 Å². The molecule has 0 fully saturated rings. The summed E-state index contributed by atoms with van der Waals surface area (Å²) < 4.78 is 0. The zero-order valence-electron chi connectivity index (χ0n) is 8.08. The van der Waals surface area contributed by atoms with E-state index in [9.17, 15) is 0 Å². The molecule has 0 spiro atoms. The molecule has 1 rings (SSSR count). The summed E-state index contributed by atoms with van der Waals surface area (Å²) in [6, 6.07) is 8.30. The third-order valence-electron chi connectivity index (χ3n) is 1.45. The molecule has 0 aliphatic carbocycles. The molecule has 0 aliphatic heterocycles. The van der Waals surface area contributed by atoms with Crippen molar-refractivity contribution in [2.24, 2.45) is 0 Å². The van der Waals surface area contributed by atoms with E-state index in [1.807, 2.05) is 19.9 Å². The minimum atomic E-state index is 0. The summed E-state index contributed by atoms with van der Waals surface area (Å²) >= 11 is 0. The van der Waals surface area contributed by atoms with Crippen LogP contribution < -0.4 is 103 Å².